The Labute approximate surface area is 142 Å². The lowest BCUT2D eigenvalue weighted by Gasteiger charge is -2.03. The lowest BCUT2D eigenvalue weighted by molar-refractivity contribution is 0.593. The number of hydrogen-bond donors (Lipinski definition) is 0. The van der Waals surface area contributed by atoms with Gasteiger partial charge in [-0.25, -0.2) is 17.8 Å². The Kier molecular flexibility index (Phi) is 4.99. The minimum absolute atomic E-state index is 0.0521. The van der Waals surface area contributed by atoms with E-state index in [1.165, 1.54) is 24.3 Å². The van der Waals surface area contributed by atoms with Gasteiger partial charge < -0.3 is 0 Å². The van der Waals surface area contributed by atoms with Gasteiger partial charge in [0.1, 0.15) is 5.82 Å². The van der Waals surface area contributed by atoms with Crippen molar-refractivity contribution in [1.29, 1.82) is 0 Å². The second-order valence-corrected chi connectivity index (χ2v) is 9.40. The number of thiazole rings is 1. The Bertz CT molecular complexity index is 871. The molecule has 1 aromatic heterocycles. The fourth-order valence-corrected chi connectivity index (χ4v) is 5.65. The van der Waals surface area contributed by atoms with Gasteiger partial charge in [0, 0.05) is 5.75 Å². The predicted octanol–water partition coefficient (Wildman–Crippen LogP) is 4.39. The molecule has 0 atom stereocenters. The van der Waals surface area contributed by atoms with Gasteiger partial charge in [-0.3, -0.25) is 0 Å². The zero-order valence-electron chi connectivity index (χ0n) is 12.1. The molecule has 0 aliphatic carbocycles. The Hall–Kier alpha value is -1.44. The highest BCUT2D eigenvalue weighted by atomic mass is 32.2. The van der Waals surface area contributed by atoms with Gasteiger partial charge in [-0.1, -0.05) is 23.9 Å². The molecule has 120 valence electrons. The van der Waals surface area contributed by atoms with E-state index in [1.54, 1.807) is 23.1 Å². The molecule has 0 aliphatic heterocycles. The Morgan fingerprint density at radius 2 is 1.83 bits per heavy atom. The molecule has 7 heteroatoms. The van der Waals surface area contributed by atoms with Crippen LogP contribution in [0.5, 0.6) is 0 Å². The van der Waals surface area contributed by atoms with E-state index < -0.39 is 15.7 Å². The summed E-state index contributed by atoms with van der Waals surface area (Å²) in [7, 11) is -3.35. The lowest BCUT2D eigenvalue weighted by atomic mass is 10.3. The first-order valence-electron chi connectivity index (χ1n) is 7.01. The quantitative estimate of drug-likeness (QED) is 0.368. The zero-order valence-corrected chi connectivity index (χ0v) is 14.6. The third-order valence-electron chi connectivity index (χ3n) is 3.23. The van der Waals surface area contributed by atoms with Crippen LogP contribution in [0.25, 0.3) is 10.2 Å². The topological polar surface area (TPSA) is 47.0 Å². The van der Waals surface area contributed by atoms with Crippen LogP contribution in [0.15, 0.2) is 57.8 Å². The van der Waals surface area contributed by atoms with E-state index in [2.05, 4.69) is 4.98 Å². The molecule has 0 saturated heterocycles. The summed E-state index contributed by atoms with van der Waals surface area (Å²) < 4.78 is 39.2. The van der Waals surface area contributed by atoms with Crippen LogP contribution in [0.4, 0.5) is 4.39 Å². The van der Waals surface area contributed by atoms with Crippen molar-refractivity contribution in [2.24, 2.45) is 0 Å². The van der Waals surface area contributed by atoms with Gasteiger partial charge in [-0.05, 0) is 42.8 Å². The lowest BCUT2D eigenvalue weighted by Crippen LogP contribution is -2.07. The summed E-state index contributed by atoms with van der Waals surface area (Å²) in [6.07, 6.45) is 0.528. The number of halogens is 1. The highest BCUT2D eigenvalue weighted by molar-refractivity contribution is 8.01. The number of sulfone groups is 1. The molecule has 2 aromatic carbocycles. The van der Waals surface area contributed by atoms with Crippen molar-refractivity contribution in [1.82, 2.24) is 4.98 Å². The van der Waals surface area contributed by atoms with Gasteiger partial charge >= 0.3 is 0 Å². The molecular formula is C16H14FNO2S3. The third-order valence-corrected chi connectivity index (χ3v) is 7.31. The van der Waals surface area contributed by atoms with Crippen LogP contribution in [-0.2, 0) is 9.84 Å². The van der Waals surface area contributed by atoms with Crippen LogP contribution in [-0.4, -0.2) is 24.9 Å². The van der Waals surface area contributed by atoms with Crippen LogP contribution in [0.3, 0.4) is 0 Å². The summed E-state index contributed by atoms with van der Waals surface area (Å²) >= 11 is 3.18. The largest absolute Gasteiger partial charge is 0.230 e. The van der Waals surface area contributed by atoms with Gasteiger partial charge in [0.15, 0.2) is 14.2 Å². The van der Waals surface area contributed by atoms with E-state index in [0.717, 1.165) is 14.6 Å². The summed E-state index contributed by atoms with van der Waals surface area (Å²) in [5.74, 6) is 0.298. The number of aromatic nitrogens is 1. The Morgan fingerprint density at radius 1 is 1.09 bits per heavy atom. The standard InChI is InChI=1S/C16H14FNO2S3/c17-12-6-8-13(9-7-12)23(19,20)11-3-10-21-16-18-14-4-1-2-5-15(14)22-16/h1-2,4-9H,3,10-11H2. The number of thioether (sulfide) groups is 1. The van der Waals surface area contributed by atoms with Crippen molar-refractivity contribution in [2.45, 2.75) is 15.7 Å². The molecule has 0 unspecified atom stereocenters. The third kappa shape index (κ3) is 4.10. The van der Waals surface area contributed by atoms with Crippen LogP contribution >= 0.6 is 23.1 Å². The molecule has 0 aliphatic rings. The van der Waals surface area contributed by atoms with Gasteiger partial charge in [0.05, 0.1) is 20.9 Å². The van der Waals surface area contributed by atoms with E-state index in [4.69, 9.17) is 0 Å². The number of fused-ring (bicyclic) bond motifs is 1. The highest BCUT2D eigenvalue weighted by Crippen LogP contribution is 2.29. The summed E-state index contributed by atoms with van der Waals surface area (Å²) in [5.41, 5.74) is 0.971. The summed E-state index contributed by atoms with van der Waals surface area (Å²) in [6, 6.07) is 12.9. The van der Waals surface area contributed by atoms with Crippen LogP contribution in [0.2, 0.25) is 0 Å². The SMILES string of the molecule is O=S(=O)(CCCSc1nc2ccccc2s1)c1ccc(F)cc1. The number of benzene rings is 2. The maximum Gasteiger partial charge on any atom is 0.178 e. The predicted molar refractivity (Wildman–Crippen MR) is 93.4 cm³/mol. The van der Waals surface area contributed by atoms with Crippen molar-refractivity contribution in [3.8, 4) is 0 Å². The number of para-hydroxylation sites is 1. The molecule has 3 nitrogen and oxygen atoms in total. The van der Waals surface area contributed by atoms with E-state index >= 15 is 0 Å². The number of hydrogen-bond acceptors (Lipinski definition) is 5. The smallest absolute Gasteiger partial charge is 0.178 e. The normalized spacial score (nSPS) is 11.9. The average Bonchev–Trinajstić information content (AvgIpc) is 2.95. The Morgan fingerprint density at radius 3 is 2.57 bits per heavy atom. The molecule has 0 fully saturated rings. The minimum atomic E-state index is -3.35. The average molecular weight is 367 g/mol. The number of nitrogens with zero attached hydrogens (tertiary/aromatic N) is 1. The highest BCUT2D eigenvalue weighted by Gasteiger charge is 2.14. The van der Waals surface area contributed by atoms with Gasteiger partial charge in [0.25, 0.3) is 0 Å². The van der Waals surface area contributed by atoms with E-state index in [0.29, 0.717) is 12.2 Å². The molecule has 0 spiro atoms. The molecule has 0 amide bonds. The van der Waals surface area contributed by atoms with Crippen LogP contribution < -0.4 is 0 Å². The minimum Gasteiger partial charge on any atom is -0.230 e. The summed E-state index contributed by atoms with van der Waals surface area (Å²) in [4.78, 5) is 4.68. The maximum atomic E-state index is 12.9. The first-order chi connectivity index (χ1) is 11.0. The first-order valence-corrected chi connectivity index (χ1v) is 10.5. The van der Waals surface area contributed by atoms with Gasteiger partial charge in [-0.2, -0.15) is 0 Å². The van der Waals surface area contributed by atoms with E-state index in [1.807, 2.05) is 24.3 Å². The zero-order chi connectivity index (χ0) is 16.3. The van der Waals surface area contributed by atoms with Crippen molar-refractivity contribution in [2.75, 3.05) is 11.5 Å². The van der Waals surface area contributed by atoms with Crippen LogP contribution in [0.1, 0.15) is 6.42 Å². The summed E-state index contributed by atoms with van der Waals surface area (Å²) in [5, 5.41) is 0. The van der Waals surface area contributed by atoms with Crippen molar-refractivity contribution >= 4 is 43.2 Å². The van der Waals surface area contributed by atoms with Gasteiger partial charge in [-0.15, -0.1) is 11.3 Å². The van der Waals surface area contributed by atoms with Crippen LogP contribution in [0, 0.1) is 5.82 Å². The monoisotopic (exact) mass is 367 g/mol. The second kappa shape index (κ2) is 6.98. The van der Waals surface area contributed by atoms with Crippen molar-refractivity contribution in [3.63, 3.8) is 0 Å². The van der Waals surface area contributed by atoms with Gasteiger partial charge in [0.2, 0.25) is 0 Å². The van der Waals surface area contributed by atoms with Crippen molar-refractivity contribution in [3.05, 3.63) is 54.3 Å². The molecule has 3 aromatic rings. The first kappa shape index (κ1) is 16.4. The molecule has 0 radical (unpaired) electrons. The molecule has 23 heavy (non-hydrogen) atoms. The maximum absolute atomic E-state index is 12.9. The fraction of sp³-hybridized carbons (Fsp3) is 0.188. The van der Waals surface area contributed by atoms with E-state index in [9.17, 15) is 12.8 Å². The molecule has 3 rings (SSSR count). The molecule has 1 heterocycles. The summed E-state index contributed by atoms with van der Waals surface area (Å²) in [6.45, 7) is 0. The second-order valence-electron chi connectivity index (χ2n) is 4.92. The molecule has 0 bridgehead atoms. The molecule has 0 N–H and O–H groups in total. The molecular weight excluding hydrogens is 353 g/mol. The Balaban J connectivity index is 1.55. The number of rotatable bonds is 6. The fourth-order valence-electron chi connectivity index (χ4n) is 2.08. The van der Waals surface area contributed by atoms with E-state index in [-0.39, 0.29) is 10.6 Å². The van der Waals surface area contributed by atoms with Crippen molar-refractivity contribution < 1.29 is 12.8 Å². The molecule has 0 saturated carbocycles.